The smallest absolute Gasteiger partial charge is 0.402 e. The first-order valence-electron chi connectivity index (χ1n) is 0.775. The van der Waals surface area contributed by atoms with Gasteiger partial charge in [-0.1, -0.05) is 0 Å². The van der Waals surface area contributed by atoms with Crippen molar-refractivity contribution in [2.45, 2.75) is 0 Å². The Balaban J connectivity index is 0. The molecule has 0 aliphatic heterocycles. The van der Waals surface area contributed by atoms with Crippen LogP contribution in [-0.4, -0.2) is 45.4 Å². The van der Waals surface area contributed by atoms with Crippen LogP contribution in [0, 0.1) is 0 Å². The molecule has 0 atom stereocenters. The van der Waals surface area contributed by atoms with Gasteiger partial charge in [-0.25, -0.2) is 0 Å². The molecule has 5 heteroatoms. The van der Waals surface area contributed by atoms with Crippen molar-refractivity contribution in [3.05, 3.63) is 0 Å². The van der Waals surface area contributed by atoms with E-state index in [-0.39, 0.29) is 23.1 Å². The summed E-state index contributed by atoms with van der Waals surface area (Å²) in [6, 6.07) is 0. The van der Waals surface area contributed by atoms with Crippen molar-refractivity contribution in [2.75, 3.05) is 0 Å². The van der Waals surface area contributed by atoms with Crippen LogP contribution in [-0.2, 0) is 0 Å². The third-order valence-corrected chi connectivity index (χ3v) is 0. The average molecular weight is 88.2 g/mol. The lowest BCUT2D eigenvalue weighted by Crippen LogP contribution is -2.07. The Kier molecular flexibility index (Phi) is 8.67. The summed E-state index contributed by atoms with van der Waals surface area (Å²) >= 11 is 0. The van der Waals surface area contributed by atoms with Gasteiger partial charge < -0.3 is 15.1 Å². The molecule has 0 unspecified atom stereocenters. The van der Waals surface area contributed by atoms with Gasteiger partial charge in [0.15, 0.2) is 0 Å². The second kappa shape index (κ2) is 4.71. The third kappa shape index (κ3) is 68.5. The van der Waals surface area contributed by atoms with Crippen molar-refractivity contribution in [2.24, 2.45) is 0 Å². The minimum Gasteiger partial charge on any atom is -0.402 e. The van der Waals surface area contributed by atoms with E-state index in [4.69, 9.17) is 15.1 Å². The highest BCUT2D eigenvalue weighted by Crippen LogP contribution is 1.40. The summed E-state index contributed by atoms with van der Waals surface area (Å²) in [5.41, 5.74) is 0. The maximum absolute atomic E-state index is 7.17. The van der Waals surface area contributed by atoms with Gasteiger partial charge in [0.05, 0.1) is 0 Å². The summed E-state index contributed by atoms with van der Waals surface area (Å²) in [7, 11) is -2.17. The molecule has 3 N–H and O–H groups in total. The monoisotopic (exact) mass is 88.0 g/mol. The van der Waals surface area contributed by atoms with Crippen LogP contribution in [0.2, 0.25) is 0 Å². The van der Waals surface area contributed by atoms with Crippen molar-refractivity contribution >= 4 is 30.4 Å². The molecular formula is H5BMgO3. The van der Waals surface area contributed by atoms with Crippen molar-refractivity contribution in [1.82, 2.24) is 0 Å². The van der Waals surface area contributed by atoms with E-state index in [1.165, 1.54) is 0 Å². The highest BCUT2D eigenvalue weighted by molar-refractivity contribution is 6.30. The van der Waals surface area contributed by atoms with Crippen LogP contribution in [0.15, 0.2) is 0 Å². The normalized spacial score (nSPS) is 5.40. The predicted octanol–water partition coefficient (Wildman–Crippen LogP) is -2.97. The minimum atomic E-state index is -2.17. The maximum atomic E-state index is 7.17. The molecule has 0 amide bonds. The summed E-state index contributed by atoms with van der Waals surface area (Å²) < 4.78 is 0. The number of hydrogen-bond donors (Lipinski definition) is 3. The van der Waals surface area contributed by atoms with Gasteiger partial charge in [0.1, 0.15) is 0 Å². The second-order valence-corrected chi connectivity index (χ2v) is 0.346. The van der Waals surface area contributed by atoms with Gasteiger partial charge in [-0.15, -0.1) is 0 Å². The summed E-state index contributed by atoms with van der Waals surface area (Å²) in [4.78, 5) is 0. The zero-order chi connectivity index (χ0) is 3.58. The fraction of sp³-hybridized carbons (Fsp3) is 0. The fourth-order valence-electron chi connectivity index (χ4n) is 0. The maximum Gasteiger partial charge on any atom is 0.631 e. The van der Waals surface area contributed by atoms with Gasteiger partial charge >= 0.3 is 30.4 Å². The molecule has 0 fully saturated rings. The van der Waals surface area contributed by atoms with E-state index in [2.05, 4.69) is 0 Å². The molecule has 0 spiro atoms. The molecule has 0 aliphatic rings. The first-order valence-corrected chi connectivity index (χ1v) is 0.775. The SMILES string of the molecule is OB(O)O.[MgH2]. The summed E-state index contributed by atoms with van der Waals surface area (Å²) in [5.74, 6) is 0. The molecule has 0 aliphatic carbocycles. The van der Waals surface area contributed by atoms with Gasteiger partial charge in [0, 0.05) is 0 Å². The zero-order valence-corrected chi connectivity index (χ0v) is 1.92. The molecule has 0 rings (SSSR count). The van der Waals surface area contributed by atoms with E-state index >= 15 is 0 Å². The largest absolute Gasteiger partial charge is 0.631 e. The Hall–Kier alpha value is 0.711. The molecule has 3 nitrogen and oxygen atoms in total. The Labute approximate surface area is 46.0 Å². The van der Waals surface area contributed by atoms with E-state index < -0.39 is 7.32 Å². The first-order chi connectivity index (χ1) is 1.73. The van der Waals surface area contributed by atoms with E-state index in [0.717, 1.165) is 0 Å². The molecule has 0 saturated carbocycles. The topological polar surface area (TPSA) is 60.7 Å². The van der Waals surface area contributed by atoms with E-state index in [9.17, 15) is 0 Å². The fourth-order valence-corrected chi connectivity index (χ4v) is 0. The van der Waals surface area contributed by atoms with Crippen LogP contribution in [0.3, 0.4) is 0 Å². The molecule has 5 heavy (non-hydrogen) atoms. The third-order valence-electron chi connectivity index (χ3n) is 0. The lowest BCUT2D eigenvalue weighted by molar-refractivity contribution is 0.278. The molecule has 0 radical (unpaired) electrons. The molecule has 28 valence electrons. The van der Waals surface area contributed by atoms with Crippen molar-refractivity contribution < 1.29 is 15.1 Å². The summed E-state index contributed by atoms with van der Waals surface area (Å²) in [6.45, 7) is 0. The summed E-state index contributed by atoms with van der Waals surface area (Å²) in [6.07, 6.45) is 0. The van der Waals surface area contributed by atoms with Crippen LogP contribution in [0.25, 0.3) is 0 Å². The zero-order valence-electron chi connectivity index (χ0n) is 1.92. The number of hydrogen-bond acceptors (Lipinski definition) is 3. The van der Waals surface area contributed by atoms with Crippen molar-refractivity contribution in [3.63, 3.8) is 0 Å². The highest BCUT2D eigenvalue weighted by Gasteiger charge is 1.92. The van der Waals surface area contributed by atoms with Crippen LogP contribution < -0.4 is 0 Å². The Bertz CT molecular complexity index is 11.6. The quantitative estimate of drug-likeness (QED) is 0.277. The minimum absolute atomic E-state index is 0. The van der Waals surface area contributed by atoms with Crippen molar-refractivity contribution in [1.29, 1.82) is 0 Å². The predicted molar refractivity (Wildman–Crippen MR) is 21.0 cm³/mol. The van der Waals surface area contributed by atoms with Crippen LogP contribution in [0.5, 0.6) is 0 Å². The lowest BCUT2D eigenvalue weighted by Gasteiger charge is -1.69. The summed E-state index contributed by atoms with van der Waals surface area (Å²) in [5, 5.41) is 21.5. The van der Waals surface area contributed by atoms with Gasteiger partial charge in [-0.2, -0.15) is 0 Å². The highest BCUT2D eigenvalue weighted by atomic mass is 24.3. The second-order valence-electron chi connectivity index (χ2n) is 0.346. The lowest BCUT2D eigenvalue weighted by atomic mass is 10.3. The van der Waals surface area contributed by atoms with Crippen molar-refractivity contribution in [3.8, 4) is 0 Å². The van der Waals surface area contributed by atoms with Gasteiger partial charge in [0.2, 0.25) is 0 Å². The van der Waals surface area contributed by atoms with Gasteiger partial charge in [-0.3, -0.25) is 0 Å². The van der Waals surface area contributed by atoms with Gasteiger partial charge in [-0.05, 0) is 0 Å². The van der Waals surface area contributed by atoms with Crippen LogP contribution >= 0.6 is 0 Å². The Morgan fingerprint density at radius 2 is 1.00 bits per heavy atom. The Morgan fingerprint density at radius 3 is 1.00 bits per heavy atom. The van der Waals surface area contributed by atoms with E-state index in [1.807, 2.05) is 0 Å². The Morgan fingerprint density at radius 1 is 1.00 bits per heavy atom. The van der Waals surface area contributed by atoms with E-state index in [0.29, 0.717) is 0 Å². The number of rotatable bonds is 0. The van der Waals surface area contributed by atoms with Gasteiger partial charge in [0.25, 0.3) is 0 Å². The molecule has 0 aromatic heterocycles. The molecule has 0 bridgehead atoms. The molecular weight excluding hydrogens is 83.1 g/mol. The molecule has 0 heterocycles. The van der Waals surface area contributed by atoms with Crippen LogP contribution in [0.4, 0.5) is 0 Å². The standard InChI is InChI=1S/BH3O3.Mg.2H/c2-1(3)4;;;/h2-4H;;;. The molecule has 0 aromatic rings. The van der Waals surface area contributed by atoms with Crippen LogP contribution in [0.1, 0.15) is 0 Å². The first kappa shape index (κ1) is 9.20. The molecule has 0 aromatic carbocycles. The average Bonchev–Trinajstić information content (AvgIpc) is 0.811. The molecule has 0 saturated heterocycles. The van der Waals surface area contributed by atoms with E-state index in [1.54, 1.807) is 0 Å².